The Morgan fingerprint density at radius 1 is 0.913 bits per heavy atom. The van der Waals surface area contributed by atoms with E-state index in [4.69, 9.17) is 5.73 Å². The van der Waals surface area contributed by atoms with Crippen LogP contribution in [0.15, 0.2) is 48.8 Å². The summed E-state index contributed by atoms with van der Waals surface area (Å²) in [5, 5.41) is 0. The van der Waals surface area contributed by atoms with Crippen molar-refractivity contribution in [2.75, 3.05) is 26.2 Å². The van der Waals surface area contributed by atoms with Gasteiger partial charge in [0.1, 0.15) is 0 Å². The summed E-state index contributed by atoms with van der Waals surface area (Å²) in [6.45, 7) is 7.59. The molecule has 1 aliphatic rings. The second-order valence-electron chi connectivity index (χ2n) is 6.72. The molecule has 2 N–H and O–H groups in total. The van der Waals surface area contributed by atoms with E-state index < -0.39 is 0 Å². The molecule has 1 fully saturated rings. The van der Waals surface area contributed by atoms with Gasteiger partial charge in [-0.3, -0.25) is 19.8 Å². The molecule has 0 spiro atoms. The van der Waals surface area contributed by atoms with E-state index in [9.17, 15) is 0 Å². The van der Waals surface area contributed by atoms with E-state index in [0.717, 1.165) is 50.7 Å². The van der Waals surface area contributed by atoms with Crippen molar-refractivity contribution in [3.8, 4) is 0 Å². The highest BCUT2D eigenvalue weighted by atomic mass is 15.3. The molecule has 3 rings (SSSR count). The van der Waals surface area contributed by atoms with Gasteiger partial charge in [0.2, 0.25) is 0 Å². The lowest BCUT2D eigenvalue weighted by Gasteiger charge is -2.30. The normalized spacial score (nSPS) is 19.4. The fourth-order valence-electron chi connectivity index (χ4n) is 3.22. The molecule has 3 heterocycles. The minimum absolute atomic E-state index is 0.236. The minimum Gasteiger partial charge on any atom is -0.323 e. The highest BCUT2D eigenvalue weighted by molar-refractivity contribution is 5.06. The van der Waals surface area contributed by atoms with Crippen molar-refractivity contribution in [1.29, 1.82) is 0 Å². The molecule has 2 aromatic heterocycles. The molecular formula is C18H25N5. The third kappa shape index (κ3) is 4.82. The predicted octanol–water partition coefficient (Wildman–Crippen LogP) is 1.51. The van der Waals surface area contributed by atoms with Crippen LogP contribution in [-0.4, -0.2) is 51.5 Å². The van der Waals surface area contributed by atoms with Crippen molar-refractivity contribution in [3.63, 3.8) is 0 Å². The molecule has 23 heavy (non-hydrogen) atoms. The van der Waals surface area contributed by atoms with E-state index in [1.807, 2.05) is 36.7 Å². The first-order valence-electron chi connectivity index (χ1n) is 8.14. The van der Waals surface area contributed by atoms with E-state index >= 15 is 0 Å². The summed E-state index contributed by atoms with van der Waals surface area (Å²) < 4.78 is 0. The van der Waals surface area contributed by atoms with Crippen LogP contribution in [0.1, 0.15) is 18.3 Å². The SMILES string of the molecule is CC1(N)CN(Cc2ccccn2)CCN(Cc2ccccn2)C1. The van der Waals surface area contributed by atoms with Crippen molar-refractivity contribution in [3.05, 3.63) is 60.2 Å². The largest absolute Gasteiger partial charge is 0.323 e. The summed E-state index contributed by atoms with van der Waals surface area (Å²) in [6, 6.07) is 12.1. The molecule has 122 valence electrons. The molecule has 0 radical (unpaired) electrons. The van der Waals surface area contributed by atoms with Crippen molar-refractivity contribution in [1.82, 2.24) is 19.8 Å². The molecule has 0 aliphatic carbocycles. The van der Waals surface area contributed by atoms with Gasteiger partial charge < -0.3 is 5.73 Å². The Morgan fingerprint density at radius 3 is 1.78 bits per heavy atom. The van der Waals surface area contributed by atoms with Crippen LogP contribution in [0.2, 0.25) is 0 Å². The van der Waals surface area contributed by atoms with Crippen LogP contribution < -0.4 is 5.73 Å². The molecule has 0 amide bonds. The molecule has 0 unspecified atom stereocenters. The lowest BCUT2D eigenvalue weighted by atomic mass is 10.0. The summed E-state index contributed by atoms with van der Waals surface area (Å²) in [5.41, 5.74) is 8.50. The Labute approximate surface area is 138 Å². The summed E-state index contributed by atoms with van der Waals surface area (Å²) >= 11 is 0. The quantitative estimate of drug-likeness (QED) is 0.927. The average molecular weight is 311 g/mol. The molecule has 0 saturated carbocycles. The second kappa shape index (κ2) is 7.17. The van der Waals surface area contributed by atoms with Crippen LogP contribution in [0.4, 0.5) is 0 Å². The van der Waals surface area contributed by atoms with Gasteiger partial charge in [0, 0.05) is 57.2 Å². The molecule has 1 saturated heterocycles. The molecule has 1 aliphatic heterocycles. The maximum absolute atomic E-state index is 6.54. The van der Waals surface area contributed by atoms with E-state index in [0.29, 0.717) is 0 Å². The van der Waals surface area contributed by atoms with Crippen molar-refractivity contribution < 1.29 is 0 Å². The first-order chi connectivity index (χ1) is 11.1. The summed E-state index contributed by atoms with van der Waals surface area (Å²) in [7, 11) is 0. The number of nitrogens with zero attached hydrogens (tertiary/aromatic N) is 4. The summed E-state index contributed by atoms with van der Waals surface area (Å²) in [5.74, 6) is 0. The van der Waals surface area contributed by atoms with Gasteiger partial charge in [-0.15, -0.1) is 0 Å². The van der Waals surface area contributed by atoms with Crippen molar-refractivity contribution in [2.24, 2.45) is 5.73 Å². The third-order valence-electron chi connectivity index (χ3n) is 4.13. The first-order valence-corrected chi connectivity index (χ1v) is 8.14. The lowest BCUT2D eigenvalue weighted by Crippen LogP contribution is -2.51. The monoisotopic (exact) mass is 311 g/mol. The van der Waals surface area contributed by atoms with Crippen LogP contribution in [0, 0.1) is 0 Å². The van der Waals surface area contributed by atoms with Crippen LogP contribution in [-0.2, 0) is 13.1 Å². The second-order valence-corrected chi connectivity index (χ2v) is 6.72. The Bertz CT molecular complexity index is 546. The molecule has 5 heteroatoms. The van der Waals surface area contributed by atoms with Gasteiger partial charge in [0.05, 0.1) is 11.4 Å². The van der Waals surface area contributed by atoms with Gasteiger partial charge in [-0.2, -0.15) is 0 Å². The van der Waals surface area contributed by atoms with Gasteiger partial charge in [-0.25, -0.2) is 0 Å². The Kier molecular flexibility index (Phi) is 5.00. The van der Waals surface area contributed by atoms with Crippen LogP contribution >= 0.6 is 0 Å². The highest BCUT2D eigenvalue weighted by Crippen LogP contribution is 2.15. The maximum atomic E-state index is 6.54. The third-order valence-corrected chi connectivity index (χ3v) is 4.13. The minimum atomic E-state index is -0.236. The molecule has 5 nitrogen and oxygen atoms in total. The predicted molar refractivity (Wildman–Crippen MR) is 91.6 cm³/mol. The highest BCUT2D eigenvalue weighted by Gasteiger charge is 2.29. The van der Waals surface area contributed by atoms with Crippen LogP contribution in [0.3, 0.4) is 0 Å². The van der Waals surface area contributed by atoms with E-state index in [1.165, 1.54) is 0 Å². The zero-order valence-corrected chi connectivity index (χ0v) is 13.7. The van der Waals surface area contributed by atoms with Crippen LogP contribution in [0.25, 0.3) is 0 Å². The average Bonchev–Trinajstić information content (AvgIpc) is 2.67. The van der Waals surface area contributed by atoms with Gasteiger partial charge in [0.15, 0.2) is 0 Å². The number of hydrogen-bond acceptors (Lipinski definition) is 5. The fourth-order valence-corrected chi connectivity index (χ4v) is 3.22. The van der Waals surface area contributed by atoms with Gasteiger partial charge in [-0.1, -0.05) is 12.1 Å². The number of hydrogen-bond donors (Lipinski definition) is 1. The maximum Gasteiger partial charge on any atom is 0.0543 e. The molecule has 2 aromatic rings. The van der Waals surface area contributed by atoms with Crippen LogP contribution in [0.5, 0.6) is 0 Å². The zero-order chi connectivity index (χ0) is 16.1. The Morgan fingerprint density at radius 2 is 1.39 bits per heavy atom. The number of pyridine rings is 2. The van der Waals surface area contributed by atoms with E-state index in [2.05, 4.69) is 38.8 Å². The molecule has 0 aromatic carbocycles. The number of rotatable bonds is 4. The Balaban J connectivity index is 1.64. The number of nitrogens with two attached hydrogens (primary N) is 1. The van der Waals surface area contributed by atoms with Gasteiger partial charge in [0.25, 0.3) is 0 Å². The van der Waals surface area contributed by atoms with E-state index in [1.54, 1.807) is 0 Å². The fraction of sp³-hybridized carbons (Fsp3) is 0.444. The van der Waals surface area contributed by atoms with Gasteiger partial charge in [-0.05, 0) is 31.2 Å². The standard InChI is InChI=1S/C18H25N5/c1-18(19)14-22(12-16-6-2-4-8-20-16)10-11-23(15-18)13-17-7-3-5-9-21-17/h2-9H,10-15,19H2,1H3. The van der Waals surface area contributed by atoms with Crippen molar-refractivity contribution in [2.45, 2.75) is 25.6 Å². The molecule has 0 atom stereocenters. The number of aromatic nitrogens is 2. The van der Waals surface area contributed by atoms with Gasteiger partial charge >= 0.3 is 0 Å². The zero-order valence-electron chi connectivity index (χ0n) is 13.7. The summed E-state index contributed by atoms with van der Waals surface area (Å²) in [6.07, 6.45) is 3.70. The molecule has 0 bridgehead atoms. The summed E-state index contributed by atoms with van der Waals surface area (Å²) in [4.78, 5) is 13.7. The Hall–Kier alpha value is -1.82. The van der Waals surface area contributed by atoms with Crippen molar-refractivity contribution >= 4 is 0 Å². The first kappa shape index (κ1) is 16.1. The van der Waals surface area contributed by atoms with E-state index in [-0.39, 0.29) is 5.54 Å². The topological polar surface area (TPSA) is 58.3 Å². The smallest absolute Gasteiger partial charge is 0.0543 e. The lowest BCUT2D eigenvalue weighted by molar-refractivity contribution is 0.229. The molecular weight excluding hydrogens is 286 g/mol.